The minimum absolute atomic E-state index is 0. The van der Waals surface area contributed by atoms with E-state index in [0.717, 1.165) is 26.2 Å². The van der Waals surface area contributed by atoms with Gasteiger partial charge in [-0.1, -0.05) is 12.2 Å². The van der Waals surface area contributed by atoms with Gasteiger partial charge in [0.25, 0.3) is 0 Å². The molecule has 0 aromatic carbocycles. The summed E-state index contributed by atoms with van der Waals surface area (Å²) in [6.07, 6.45) is 3.41. The van der Waals surface area contributed by atoms with Crippen LogP contribution in [0.2, 0.25) is 0 Å². The first-order chi connectivity index (χ1) is 9.81. The van der Waals surface area contributed by atoms with E-state index in [1.807, 2.05) is 24.3 Å². The second kappa shape index (κ2) is 8.61. The molecule has 3 heterocycles. The largest absolute Gasteiger partial charge is 0.468 e. The van der Waals surface area contributed by atoms with Crippen LogP contribution in [0.4, 0.5) is 0 Å². The number of thioether (sulfide) groups is 2. The molecule has 0 spiro atoms. The zero-order valence-electron chi connectivity index (χ0n) is 10.6. The van der Waals surface area contributed by atoms with Crippen molar-refractivity contribution < 1.29 is 25.6 Å². The Hall–Kier alpha value is 0.0365. The molecule has 0 N–H and O–H groups in total. The summed E-state index contributed by atoms with van der Waals surface area (Å²) in [4.78, 5) is 0. The maximum absolute atomic E-state index is 5.36. The second-order valence-corrected chi connectivity index (χ2v) is 9.48. The zero-order chi connectivity index (χ0) is 13.8. The van der Waals surface area contributed by atoms with Gasteiger partial charge in [-0.15, -0.1) is 46.2 Å². The Kier molecular flexibility index (Phi) is 7.13. The van der Waals surface area contributed by atoms with E-state index in [9.17, 15) is 0 Å². The third-order valence-corrected chi connectivity index (χ3v) is 8.00. The average Bonchev–Trinajstić information content (AvgIpc) is 3.16. The molecule has 0 fully saturated rings. The van der Waals surface area contributed by atoms with Crippen LogP contribution in [0, 0.1) is 3.14 Å². The molecule has 0 saturated heterocycles. The fraction of sp³-hybridized carbons (Fsp3) is 0.154. The van der Waals surface area contributed by atoms with Gasteiger partial charge in [-0.05, 0) is 24.3 Å². The van der Waals surface area contributed by atoms with Gasteiger partial charge in [0, 0.05) is 16.8 Å². The molecule has 2 nitrogen and oxygen atoms in total. The van der Waals surface area contributed by atoms with E-state index in [2.05, 4.69) is 0 Å². The maximum Gasteiger partial charge on any atom is 0.145 e. The van der Waals surface area contributed by atoms with Crippen molar-refractivity contribution in [1.29, 1.82) is 0 Å². The summed E-state index contributed by atoms with van der Waals surface area (Å²) < 4.78 is 14.2. The van der Waals surface area contributed by atoms with Crippen molar-refractivity contribution in [3.63, 3.8) is 0 Å². The quantitative estimate of drug-likeness (QED) is 0.346. The van der Waals surface area contributed by atoms with Crippen LogP contribution in [0.1, 0.15) is 11.5 Å². The van der Waals surface area contributed by atoms with E-state index in [-0.39, 0.29) is 16.8 Å². The summed E-state index contributed by atoms with van der Waals surface area (Å²) >= 11 is 12.2. The van der Waals surface area contributed by atoms with E-state index >= 15 is 0 Å². The zero-order valence-corrected chi connectivity index (χ0v) is 15.7. The molecule has 113 valence electrons. The molecule has 0 aliphatic carbocycles. The van der Waals surface area contributed by atoms with Gasteiger partial charge in [0.1, 0.15) is 14.7 Å². The van der Waals surface area contributed by atoms with Crippen LogP contribution in [0.5, 0.6) is 0 Å². The number of furan rings is 2. The van der Waals surface area contributed by atoms with Crippen molar-refractivity contribution in [3.05, 3.63) is 51.4 Å². The van der Waals surface area contributed by atoms with Crippen molar-refractivity contribution in [3.8, 4) is 0 Å². The van der Waals surface area contributed by atoms with Crippen LogP contribution in [-0.2, 0) is 28.3 Å². The van der Waals surface area contributed by atoms with Crippen molar-refractivity contribution in [2.75, 3.05) is 0 Å². The van der Waals surface area contributed by atoms with Crippen molar-refractivity contribution in [2.24, 2.45) is 0 Å². The first kappa shape index (κ1) is 17.4. The number of hydrogen-bond donors (Lipinski definition) is 0. The first-order valence-electron chi connectivity index (χ1n) is 5.75. The molecule has 0 atom stereocenters. The van der Waals surface area contributed by atoms with Crippen LogP contribution in [0.3, 0.4) is 0 Å². The molecule has 0 unspecified atom stereocenters. The summed E-state index contributed by atoms with van der Waals surface area (Å²) in [5.41, 5.74) is 0. The van der Waals surface area contributed by atoms with Gasteiger partial charge in [-0.3, -0.25) is 0 Å². The molecule has 0 amide bonds. The normalized spacial score (nSPS) is 10.5. The summed E-state index contributed by atoms with van der Waals surface area (Å²) in [6.45, 7) is 0. The van der Waals surface area contributed by atoms with Gasteiger partial charge < -0.3 is 8.83 Å². The van der Waals surface area contributed by atoms with Gasteiger partial charge in [-0.25, -0.2) is 0 Å². The third-order valence-electron chi connectivity index (χ3n) is 2.37. The van der Waals surface area contributed by atoms with Crippen LogP contribution < -0.4 is 0 Å². The fourth-order valence-corrected chi connectivity index (χ4v) is 7.41. The fourth-order valence-electron chi connectivity index (χ4n) is 1.50. The Morgan fingerprint density at radius 1 is 0.905 bits per heavy atom. The van der Waals surface area contributed by atoms with Gasteiger partial charge in [0.15, 0.2) is 0 Å². The van der Waals surface area contributed by atoms with Crippen molar-refractivity contribution in [2.45, 2.75) is 19.9 Å². The minimum Gasteiger partial charge on any atom is -0.468 e. The summed E-state index contributed by atoms with van der Waals surface area (Å²) in [5.74, 6) is 3.65. The first-order valence-corrected chi connectivity index (χ1v) is 9.77. The Labute approximate surface area is 154 Å². The van der Waals surface area contributed by atoms with Gasteiger partial charge >= 0.3 is 0 Å². The number of rotatable bonds is 6. The molecule has 3 aromatic heterocycles. The van der Waals surface area contributed by atoms with E-state index in [1.165, 1.54) is 8.42 Å². The smallest absolute Gasteiger partial charge is 0.145 e. The molecular formula is C13H10CoO2S5. The van der Waals surface area contributed by atoms with Crippen LogP contribution in [-0.4, -0.2) is 0 Å². The molecule has 3 aromatic rings. The van der Waals surface area contributed by atoms with Gasteiger partial charge in [-0.2, -0.15) is 0 Å². The monoisotopic (exact) mass is 417 g/mol. The predicted molar refractivity (Wildman–Crippen MR) is 89.6 cm³/mol. The van der Waals surface area contributed by atoms with E-state index in [4.69, 9.17) is 21.1 Å². The Morgan fingerprint density at radius 3 is 1.76 bits per heavy atom. The average molecular weight is 417 g/mol. The van der Waals surface area contributed by atoms with Crippen molar-refractivity contribution >= 4 is 58.4 Å². The van der Waals surface area contributed by atoms with Crippen molar-refractivity contribution in [1.82, 2.24) is 0 Å². The molecule has 21 heavy (non-hydrogen) atoms. The summed E-state index contributed by atoms with van der Waals surface area (Å²) in [6, 6.07) is 7.82. The van der Waals surface area contributed by atoms with E-state index in [0.29, 0.717) is 0 Å². The SMILES string of the molecule is S=c1sc(SCc2ccco2)c(SCc2ccco2)s1.[Co]. The Morgan fingerprint density at radius 2 is 1.38 bits per heavy atom. The van der Waals surface area contributed by atoms with Crippen LogP contribution >= 0.6 is 58.4 Å². The number of hydrogen-bond acceptors (Lipinski definition) is 7. The molecule has 1 radical (unpaired) electrons. The van der Waals surface area contributed by atoms with Crippen LogP contribution in [0.25, 0.3) is 0 Å². The molecule has 0 aliphatic rings. The van der Waals surface area contributed by atoms with E-state index < -0.39 is 0 Å². The summed E-state index contributed by atoms with van der Waals surface area (Å²) in [7, 11) is 0. The predicted octanol–water partition coefficient (Wildman–Crippen LogP) is 6.31. The van der Waals surface area contributed by atoms with E-state index in [1.54, 1.807) is 58.7 Å². The minimum atomic E-state index is 0. The van der Waals surface area contributed by atoms with Gasteiger partial charge in [0.05, 0.1) is 32.5 Å². The molecular weight excluding hydrogens is 407 g/mol. The summed E-state index contributed by atoms with van der Waals surface area (Å²) in [5, 5.41) is 0. The maximum atomic E-state index is 5.36. The topological polar surface area (TPSA) is 26.3 Å². The molecule has 0 saturated carbocycles. The van der Waals surface area contributed by atoms with Crippen LogP contribution in [0.15, 0.2) is 54.0 Å². The van der Waals surface area contributed by atoms with Gasteiger partial charge in [0.2, 0.25) is 0 Å². The molecule has 8 heteroatoms. The second-order valence-electron chi connectivity index (χ2n) is 3.77. The third kappa shape index (κ3) is 5.02. The Bertz CT molecular complexity index is 641. The molecule has 3 rings (SSSR count). The standard InChI is InChI=1S/C13H10O2S5.Co/c16-13-19-11(17-7-9-3-1-5-14-9)12(20-13)18-8-10-4-2-6-15-10;/h1-6H,7-8H2;. The molecule has 0 aliphatic heterocycles. The molecule has 0 bridgehead atoms. The Balaban J connectivity index is 0.00000161.